The molecule has 1 saturated heterocycles. The third-order valence-corrected chi connectivity index (χ3v) is 7.40. The average molecular weight is 550 g/mol. The second-order valence-corrected chi connectivity index (χ2v) is 10.2. The lowest BCUT2D eigenvalue weighted by Gasteiger charge is -2.23. The number of carbonyl (C=O) groups is 1. The zero-order valence-electron chi connectivity index (χ0n) is 18.6. The molecule has 2 aromatic carbocycles. The van der Waals surface area contributed by atoms with Gasteiger partial charge in [0, 0.05) is 17.5 Å². The van der Waals surface area contributed by atoms with Crippen molar-refractivity contribution in [2.45, 2.75) is 38.6 Å². The minimum absolute atomic E-state index is 0.0103. The lowest BCUT2D eigenvalue weighted by atomic mass is 10.1. The van der Waals surface area contributed by atoms with Gasteiger partial charge >= 0.3 is 14.2 Å². The standard InChI is InChI=1S/C23H25BrN3O6P/c1-14-10-17(32-22(14)27-11-19(24)21(29)25-23(27)30)13-31-34(26-15(2)12-28)33-20-9-5-7-16-6-3-4-8-18(16)20/h3-9,11-12,14-15,17,22,26H,10,13H2,1-2H3,(H,25,29,30). The van der Waals surface area contributed by atoms with E-state index in [0.29, 0.717) is 12.2 Å². The molecule has 0 amide bonds. The smallest absolute Gasteiger partial charge is 0.330 e. The number of H-pyrrole nitrogens is 1. The maximum Gasteiger partial charge on any atom is 0.330 e. The Morgan fingerprint density at radius 1 is 1.29 bits per heavy atom. The molecule has 4 rings (SSSR count). The van der Waals surface area contributed by atoms with Gasteiger partial charge in [-0.05, 0) is 40.7 Å². The van der Waals surface area contributed by atoms with Gasteiger partial charge < -0.3 is 18.6 Å². The van der Waals surface area contributed by atoms with Gasteiger partial charge in [-0.1, -0.05) is 43.3 Å². The summed E-state index contributed by atoms with van der Waals surface area (Å²) in [5, 5.41) is 5.05. The van der Waals surface area contributed by atoms with Gasteiger partial charge in [-0.2, -0.15) is 0 Å². The van der Waals surface area contributed by atoms with E-state index in [4.69, 9.17) is 13.8 Å². The molecule has 5 unspecified atom stereocenters. The van der Waals surface area contributed by atoms with Crippen molar-refractivity contribution in [3.63, 3.8) is 0 Å². The first kappa shape index (κ1) is 24.8. The number of halogens is 1. The van der Waals surface area contributed by atoms with Crippen molar-refractivity contribution in [2.24, 2.45) is 5.92 Å². The Labute approximate surface area is 205 Å². The zero-order valence-corrected chi connectivity index (χ0v) is 21.1. The highest BCUT2D eigenvalue weighted by molar-refractivity contribution is 9.10. The molecule has 3 aromatic rings. The van der Waals surface area contributed by atoms with Gasteiger partial charge in [-0.3, -0.25) is 14.3 Å². The van der Waals surface area contributed by atoms with Crippen LogP contribution in [-0.4, -0.2) is 34.6 Å². The Morgan fingerprint density at radius 3 is 2.85 bits per heavy atom. The number of hydrogen-bond acceptors (Lipinski definition) is 7. The van der Waals surface area contributed by atoms with Crippen molar-refractivity contribution in [1.29, 1.82) is 0 Å². The number of rotatable bonds is 9. The first-order chi connectivity index (χ1) is 16.4. The number of aromatic nitrogens is 2. The summed E-state index contributed by atoms with van der Waals surface area (Å²) in [4.78, 5) is 37.4. The SMILES string of the molecule is CC(C=O)NP(OCC1CC(C)C(n2cc(Br)c(=O)[nH]c2=O)O1)Oc1cccc2ccccc12. The molecule has 2 N–H and O–H groups in total. The number of fused-ring (bicyclic) bond motifs is 1. The summed E-state index contributed by atoms with van der Waals surface area (Å²) in [6.07, 6.45) is 2.04. The molecular formula is C23H25BrN3O6P. The van der Waals surface area contributed by atoms with Crippen LogP contribution in [0.3, 0.4) is 0 Å². The van der Waals surface area contributed by atoms with Gasteiger partial charge in [0.15, 0.2) is 0 Å². The first-order valence-electron chi connectivity index (χ1n) is 10.8. The summed E-state index contributed by atoms with van der Waals surface area (Å²) < 4.78 is 19.9. The maximum atomic E-state index is 12.3. The predicted molar refractivity (Wildman–Crippen MR) is 133 cm³/mol. The molecule has 0 bridgehead atoms. The molecule has 1 fully saturated rings. The highest BCUT2D eigenvalue weighted by atomic mass is 79.9. The van der Waals surface area contributed by atoms with Crippen molar-refractivity contribution < 1.29 is 18.6 Å². The van der Waals surface area contributed by atoms with Gasteiger partial charge in [-0.15, -0.1) is 0 Å². The van der Waals surface area contributed by atoms with Crippen molar-refractivity contribution in [2.75, 3.05) is 6.61 Å². The Bertz CT molecular complexity index is 1280. The largest absolute Gasteiger partial charge is 0.435 e. The summed E-state index contributed by atoms with van der Waals surface area (Å²) in [5.74, 6) is 0.661. The Kier molecular flexibility index (Phi) is 7.95. The van der Waals surface area contributed by atoms with E-state index >= 15 is 0 Å². The normalized spacial score (nSPS) is 21.9. The van der Waals surface area contributed by atoms with E-state index in [1.54, 1.807) is 6.92 Å². The molecule has 1 aromatic heterocycles. The van der Waals surface area contributed by atoms with Crippen LogP contribution >= 0.6 is 24.5 Å². The van der Waals surface area contributed by atoms with E-state index in [-0.39, 0.29) is 23.1 Å². The number of carbonyl (C=O) groups excluding carboxylic acids is 1. The van der Waals surface area contributed by atoms with Crippen LogP contribution in [0.4, 0.5) is 0 Å². The Hall–Kier alpha value is -2.36. The molecule has 0 spiro atoms. The molecule has 1 aliphatic rings. The third-order valence-electron chi connectivity index (χ3n) is 5.47. The molecule has 0 saturated carbocycles. The monoisotopic (exact) mass is 549 g/mol. The second-order valence-electron chi connectivity index (χ2n) is 8.18. The number of nitrogens with one attached hydrogen (secondary N) is 2. The van der Waals surface area contributed by atoms with Crippen LogP contribution in [0.25, 0.3) is 10.8 Å². The van der Waals surface area contributed by atoms with E-state index in [1.165, 1.54) is 10.8 Å². The quantitative estimate of drug-likeness (QED) is 0.307. The van der Waals surface area contributed by atoms with Crippen molar-refractivity contribution in [3.05, 3.63) is 74.0 Å². The fourth-order valence-electron chi connectivity index (χ4n) is 3.82. The van der Waals surface area contributed by atoms with Crippen molar-refractivity contribution in [3.8, 4) is 5.75 Å². The highest BCUT2D eigenvalue weighted by Crippen LogP contribution is 2.41. The predicted octanol–water partition coefficient (Wildman–Crippen LogP) is 3.88. The van der Waals surface area contributed by atoms with Crippen molar-refractivity contribution in [1.82, 2.24) is 14.6 Å². The lowest BCUT2D eigenvalue weighted by Crippen LogP contribution is -2.34. The zero-order chi connectivity index (χ0) is 24.2. The summed E-state index contributed by atoms with van der Waals surface area (Å²) in [5.41, 5.74) is -1.02. The number of benzene rings is 2. The fourth-order valence-corrected chi connectivity index (χ4v) is 5.35. The van der Waals surface area contributed by atoms with Crippen LogP contribution < -0.4 is 20.9 Å². The van der Waals surface area contributed by atoms with E-state index in [2.05, 4.69) is 26.0 Å². The first-order valence-corrected chi connectivity index (χ1v) is 12.8. The topological polar surface area (TPSA) is 112 Å². The van der Waals surface area contributed by atoms with Crippen LogP contribution in [-0.2, 0) is 14.1 Å². The number of ether oxygens (including phenoxy) is 1. The highest BCUT2D eigenvalue weighted by Gasteiger charge is 2.35. The van der Waals surface area contributed by atoms with Crippen LogP contribution in [0.2, 0.25) is 0 Å². The minimum Gasteiger partial charge on any atom is -0.435 e. The van der Waals surface area contributed by atoms with Crippen molar-refractivity contribution >= 4 is 41.5 Å². The second kappa shape index (κ2) is 10.9. The molecule has 0 aliphatic carbocycles. The minimum atomic E-state index is -1.65. The lowest BCUT2D eigenvalue weighted by molar-refractivity contribution is -0.108. The summed E-state index contributed by atoms with van der Waals surface area (Å²) in [6.45, 7) is 3.90. The van der Waals surface area contributed by atoms with Crippen LogP contribution in [0.15, 0.2) is 62.7 Å². The molecule has 34 heavy (non-hydrogen) atoms. The molecule has 5 atom stereocenters. The van der Waals surface area contributed by atoms with Gasteiger partial charge in [0.25, 0.3) is 5.56 Å². The fraction of sp³-hybridized carbons (Fsp3) is 0.348. The van der Waals surface area contributed by atoms with Crippen LogP contribution in [0, 0.1) is 5.92 Å². The van der Waals surface area contributed by atoms with Crippen LogP contribution in [0.5, 0.6) is 5.75 Å². The Morgan fingerprint density at radius 2 is 2.06 bits per heavy atom. The number of aromatic amines is 1. The molecule has 9 nitrogen and oxygen atoms in total. The molecule has 0 radical (unpaired) electrons. The number of hydrogen-bond donors (Lipinski definition) is 2. The third kappa shape index (κ3) is 5.64. The summed E-state index contributed by atoms with van der Waals surface area (Å²) in [7, 11) is -1.65. The van der Waals surface area contributed by atoms with E-state index in [0.717, 1.165) is 17.1 Å². The van der Waals surface area contributed by atoms with Gasteiger partial charge in [0.1, 0.15) is 18.3 Å². The maximum absolute atomic E-state index is 12.3. The average Bonchev–Trinajstić information content (AvgIpc) is 3.20. The van der Waals surface area contributed by atoms with Crippen LogP contribution in [0.1, 0.15) is 26.5 Å². The van der Waals surface area contributed by atoms with E-state index in [1.807, 2.05) is 49.4 Å². The Balaban J connectivity index is 1.46. The molecule has 2 heterocycles. The number of aldehydes is 1. The summed E-state index contributed by atoms with van der Waals surface area (Å²) >= 11 is 3.16. The number of nitrogens with zero attached hydrogens (tertiary/aromatic N) is 1. The van der Waals surface area contributed by atoms with Gasteiger partial charge in [-0.25, -0.2) is 9.88 Å². The molecule has 180 valence electrons. The molecular weight excluding hydrogens is 525 g/mol. The molecule has 11 heteroatoms. The molecule has 1 aliphatic heterocycles. The summed E-state index contributed by atoms with van der Waals surface area (Å²) in [6, 6.07) is 13.2. The van der Waals surface area contributed by atoms with Gasteiger partial charge in [0.2, 0.25) is 0 Å². The van der Waals surface area contributed by atoms with E-state index < -0.39 is 32.0 Å². The van der Waals surface area contributed by atoms with Gasteiger partial charge in [0.05, 0.1) is 23.2 Å². The van der Waals surface area contributed by atoms with E-state index in [9.17, 15) is 14.4 Å².